The van der Waals surface area contributed by atoms with E-state index in [9.17, 15) is 29.4 Å². The van der Waals surface area contributed by atoms with E-state index in [1.807, 2.05) is 57.5 Å². The summed E-state index contributed by atoms with van der Waals surface area (Å²) in [7, 11) is 0. The van der Waals surface area contributed by atoms with Crippen LogP contribution in [-0.4, -0.2) is 90.8 Å². The number of anilines is 1. The molecule has 332 valence electrons. The third kappa shape index (κ3) is 12.3. The van der Waals surface area contributed by atoms with E-state index in [4.69, 9.17) is 10.5 Å². The molecule has 0 bridgehead atoms. The molecule has 16 heteroatoms. The van der Waals surface area contributed by atoms with E-state index >= 15 is 0 Å². The standard InChI is InChI=1S/C46H60N8O7S/c1-28-41(62-27-49-28)30-19-17-29(18-20-30)25-48-44(59)36-23-32(55)26-54(36)45(60)42(46(2,3)4)51-40(58)16-10-8-6-5-7-9-15-39(57)50-31-21-33(22-31)61-38-24-35(52-53-43(38)47)34-13-11-12-14-37(34)56/h11-14,17-20,24,27,31-33,36,42,55-56H,5-10,15-16,21-23,25-26H2,1-4H3,(H2,47,53)(H,48,59)(H,50,57)(H,51,58)/t31-,32-,33-,36+,42?/m1/s1. The number of amides is 4. The topological polar surface area (TPSA) is 222 Å². The Labute approximate surface area is 367 Å². The Morgan fingerprint density at radius 1 is 0.935 bits per heavy atom. The molecule has 1 aliphatic carbocycles. The number of phenols is 1. The number of aromatic hydroxyl groups is 1. The van der Waals surface area contributed by atoms with E-state index in [-0.39, 0.29) is 73.3 Å². The number of rotatable bonds is 19. The number of phenolic OH excluding ortho intramolecular Hbond substituents is 1. The van der Waals surface area contributed by atoms with Gasteiger partial charge in [-0.25, -0.2) is 4.98 Å². The summed E-state index contributed by atoms with van der Waals surface area (Å²) in [5, 5.41) is 37.7. The van der Waals surface area contributed by atoms with Gasteiger partial charge in [-0.1, -0.05) is 82.9 Å². The number of benzene rings is 2. The van der Waals surface area contributed by atoms with Crippen LogP contribution in [0.15, 0.2) is 60.1 Å². The normalized spacial score (nSPS) is 19.0. The van der Waals surface area contributed by atoms with Crippen molar-refractivity contribution in [2.75, 3.05) is 12.3 Å². The van der Waals surface area contributed by atoms with E-state index in [1.165, 1.54) is 4.90 Å². The summed E-state index contributed by atoms with van der Waals surface area (Å²) >= 11 is 1.58. The Kier molecular flexibility index (Phi) is 15.5. The lowest BCUT2D eigenvalue weighted by Gasteiger charge is -2.36. The summed E-state index contributed by atoms with van der Waals surface area (Å²) in [4.78, 5) is 59.9. The third-order valence-corrected chi connectivity index (χ3v) is 12.5. The van der Waals surface area contributed by atoms with Crippen LogP contribution in [0.2, 0.25) is 0 Å². The number of nitrogens with zero attached hydrogens (tertiary/aromatic N) is 4. The predicted molar refractivity (Wildman–Crippen MR) is 238 cm³/mol. The molecular weight excluding hydrogens is 809 g/mol. The van der Waals surface area contributed by atoms with Crippen LogP contribution in [0.3, 0.4) is 0 Å². The SMILES string of the molecule is Cc1ncsc1-c1ccc(CNC(=O)[C@@H]2C[C@@H](O)CN2C(=O)C(NC(=O)CCCCCCCCC(=O)N[C@H]2C[C@H](Oc3cc(-c4ccccc4O)nnc3N)C2)C(C)(C)C)cc1. The molecule has 1 saturated heterocycles. The lowest BCUT2D eigenvalue weighted by molar-refractivity contribution is -0.144. The summed E-state index contributed by atoms with van der Waals surface area (Å²) in [6, 6.07) is 14.7. The zero-order valence-corrected chi connectivity index (χ0v) is 36.9. The highest BCUT2D eigenvalue weighted by Gasteiger charge is 2.44. The maximum atomic E-state index is 14.0. The summed E-state index contributed by atoms with van der Waals surface area (Å²) in [6.07, 6.45) is 6.24. The maximum absolute atomic E-state index is 14.0. The van der Waals surface area contributed by atoms with Crippen LogP contribution >= 0.6 is 11.3 Å². The number of unbranched alkanes of at least 4 members (excludes halogenated alkanes) is 5. The second-order valence-electron chi connectivity index (χ2n) is 17.5. The first-order valence-electron chi connectivity index (χ1n) is 21.6. The molecule has 3 atom stereocenters. The van der Waals surface area contributed by atoms with Crippen molar-refractivity contribution >= 4 is 40.8 Å². The van der Waals surface area contributed by atoms with Crippen molar-refractivity contribution in [3.05, 3.63) is 71.4 Å². The third-order valence-electron chi connectivity index (χ3n) is 11.5. The van der Waals surface area contributed by atoms with Gasteiger partial charge in [0.15, 0.2) is 11.6 Å². The Bertz CT molecular complexity index is 2170. The van der Waals surface area contributed by atoms with Gasteiger partial charge in [-0.05, 0) is 48.4 Å². The first-order valence-corrected chi connectivity index (χ1v) is 22.5. The number of para-hydroxylation sites is 1. The number of nitrogens with one attached hydrogen (secondary N) is 3. The summed E-state index contributed by atoms with van der Waals surface area (Å²) in [5.74, 6) is -0.296. The number of hydrogen-bond acceptors (Lipinski definition) is 12. The molecule has 0 radical (unpaired) electrons. The average Bonchev–Trinajstić information content (AvgIpc) is 3.84. The van der Waals surface area contributed by atoms with E-state index in [0.717, 1.165) is 53.8 Å². The molecule has 2 fully saturated rings. The van der Waals surface area contributed by atoms with Gasteiger partial charge in [0.2, 0.25) is 23.6 Å². The van der Waals surface area contributed by atoms with Gasteiger partial charge in [-0.3, -0.25) is 19.2 Å². The van der Waals surface area contributed by atoms with Crippen molar-refractivity contribution in [2.45, 2.75) is 135 Å². The van der Waals surface area contributed by atoms with Crippen molar-refractivity contribution < 1.29 is 34.1 Å². The highest BCUT2D eigenvalue weighted by Crippen LogP contribution is 2.34. The zero-order valence-electron chi connectivity index (χ0n) is 36.1. The van der Waals surface area contributed by atoms with Gasteiger partial charge in [0, 0.05) is 62.9 Å². The number of carbonyl (C=O) groups is 4. The second kappa shape index (κ2) is 21.0. The first-order chi connectivity index (χ1) is 29.7. The van der Waals surface area contributed by atoms with Gasteiger partial charge in [0.05, 0.1) is 22.2 Å². The van der Waals surface area contributed by atoms with Crippen LogP contribution in [0.25, 0.3) is 21.7 Å². The van der Waals surface area contributed by atoms with Crippen LogP contribution in [-0.2, 0) is 25.7 Å². The molecule has 4 amide bonds. The molecule has 1 aliphatic heterocycles. The van der Waals surface area contributed by atoms with Gasteiger partial charge in [0.25, 0.3) is 0 Å². The molecule has 15 nitrogen and oxygen atoms in total. The van der Waals surface area contributed by atoms with E-state index in [2.05, 4.69) is 31.1 Å². The fourth-order valence-corrected chi connectivity index (χ4v) is 8.66. The molecule has 4 aromatic rings. The molecule has 0 spiro atoms. The minimum absolute atomic E-state index is 0.0135. The number of hydrogen-bond donors (Lipinski definition) is 6. The van der Waals surface area contributed by atoms with Crippen LogP contribution in [0.4, 0.5) is 5.82 Å². The fourth-order valence-electron chi connectivity index (χ4n) is 7.85. The molecule has 1 unspecified atom stereocenters. The van der Waals surface area contributed by atoms with Crippen LogP contribution in [0.5, 0.6) is 11.5 Å². The molecule has 62 heavy (non-hydrogen) atoms. The smallest absolute Gasteiger partial charge is 0.246 e. The van der Waals surface area contributed by atoms with Crippen LogP contribution < -0.4 is 26.4 Å². The van der Waals surface area contributed by atoms with Crippen molar-refractivity contribution in [3.8, 4) is 33.2 Å². The number of aryl methyl sites for hydroxylation is 1. The number of likely N-dealkylation sites (tertiary alicyclic amines) is 1. The minimum atomic E-state index is -0.871. The number of β-amino-alcohol motifs (C(OH)–C–C–N with tert-alkyl or cyclic N) is 1. The summed E-state index contributed by atoms with van der Waals surface area (Å²) in [6.45, 7) is 7.89. The summed E-state index contributed by atoms with van der Waals surface area (Å²) in [5.41, 5.74) is 11.1. The number of ether oxygens (including phenoxy) is 1. The average molecular weight is 869 g/mol. The molecule has 7 N–H and O–H groups in total. The minimum Gasteiger partial charge on any atom is -0.507 e. The van der Waals surface area contributed by atoms with Crippen molar-refractivity contribution in [2.24, 2.45) is 5.41 Å². The predicted octanol–water partition coefficient (Wildman–Crippen LogP) is 5.82. The first kappa shape index (κ1) is 45.9. The van der Waals surface area contributed by atoms with E-state index in [1.54, 1.807) is 41.7 Å². The Balaban J connectivity index is 0.846. The number of aliphatic hydroxyl groups excluding tert-OH is 1. The van der Waals surface area contributed by atoms with Gasteiger partial charge in [-0.15, -0.1) is 21.5 Å². The quantitative estimate of drug-likeness (QED) is 0.0617. The van der Waals surface area contributed by atoms with Crippen molar-refractivity contribution in [1.29, 1.82) is 0 Å². The Morgan fingerprint density at radius 2 is 1.61 bits per heavy atom. The molecule has 2 aromatic heterocycles. The second-order valence-corrected chi connectivity index (χ2v) is 18.4. The number of thiazole rings is 1. The molecule has 2 aromatic carbocycles. The highest BCUT2D eigenvalue weighted by molar-refractivity contribution is 7.13. The molecular formula is C46H60N8O7S. The van der Waals surface area contributed by atoms with Gasteiger partial charge >= 0.3 is 0 Å². The summed E-state index contributed by atoms with van der Waals surface area (Å²) < 4.78 is 6.04. The Hall–Kier alpha value is -5.61. The fraction of sp³-hybridized carbons (Fsp3) is 0.500. The Morgan fingerprint density at radius 3 is 2.27 bits per heavy atom. The number of aliphatic hydroxyl groups is 1. The number of nitrogen functional groups attached to an aromatic ring is 1. The number of aromatic nitrogens is 3. The molecule has 3 heterocycles. The van der Waals surface area contributed by atoms with Crippen molar-refractivity contribution in [1.82, 2.24) is 36.0 Å². The maximum Gasteiger partial charge on any atom is 0.246 e. The lowest BCUT2D eigenvalue weighted by atomic mass is 9.85. The van der Waals surface area contributed by atoms with E-state index < -0.39 is 23.6 Å². The van der Waals surface area contributed by atoms with Crippen LogP contribution in [0.1, 0.15) is 103 Å². The van der Waals surface area contributed by atoms with Gasteiger partial charge in [0.1, 0.15) is 29.6 Å². The zero-order chi connectivity index (χ0) is 44.4. The number of nitrogens with two attached hydrogens (primary N) is 1. The van der Waals surface area contributed by atoms with Crippen LogP contribution in [0, 0.1) is 12.3 Å². The van der Waals surface area contributed by atoms with Gasteiger partial charge < -0.3 is 41.5 Å². The molecule has 1 saturated carbocycles. The molecule has 6 rings (SSSR count). The largest absolute Gasteiger partial charge is 0.507 e. The van der Waals surface area contributed by atoms with Crippen molar-refractivity contribution in [3.63, 3.8) is 0 Å². The van der Waals surface area contributed by atoms with Gasteiger partial charge in [-0.2, -0.15) is 0 Å². The monoisotopic (exact) mass is 868 g/mol. The highest BCUT2D eigenvalue weighted by atomic mass is 32.1. The lowest BCUT2D eigenvalue weighted by Crippen LogP contribution is -2.57. The van der Waals surface area contributed by atoms with E-state index in [0.29, 0.717) is 42.7 Å². The number of carbonyl (C=O) groups excluding carboxylic acids is 4. The molecule has 2 aliphatic rings.